The number of likely N-dealkylation sites (tertiary alicyclic amines) is 1. The highest BCUT2D eigenvalue weighted by Crippen LogP contribution is 2.23. The largest absolute Gasteiger partial charge is 0.350 e. The first-order chi connectivity index (χ1) is 7.24. The molecule has 15 heavy (non-hydrogen) atoms. The van der Waals surface area contributed by atoms with Crippen molar-refractivity contribution in [3.63, 3.8) is 0 Å². The summed E-state index contributed by atoms with van der Waals surface area (Å²) < 4.78 is 0. The van der Waals surface area contributed by atoms with E-state index in [2.05, 4.69) is 24.8 Å². The Kier molecular flexibility index (Phi) is 5.04. The van der Waals surface area contributed by atoms with Crippen LogP contribution in [0.15, 0.2) is 0 Å². The molecular formula is C12H20N2S. The van der Waals surface area contributed by atoms with Crippen molar-refractivity contribution in [2.75, 3.05) is 6.54 Å². The molecule has 2 nitrogen and oxygen atoms in total. The predicted molar refractivity (Wildman–Crippen MR) is 66.6 cm³/mol. The minimum Gasteiger partial charge on any atom is -0.350 e. The van der Waals surface area contributed by atoms with Crippen LogP contribution in [0, 0.1) is 17.2 Å². The van der Waals surface area contributed by atoms with Crippen molar-refractivity contribution in [1.82, 2.24) is 4.90 Å². The zero-order chi connectivity index (χ0) is 11.3. The van der Waals surface area contributed by atoms with Gasteiger partial charge in [-0.1, -0.05) is 38.9 Å². The zero-order valence-corrected chi connectivity index (χ0v) is 10.5. The highest BCUT2D eigenvalue weighted by molar-refractivity contribution is 7.80. The predicted octanol–water partition coefficient (Wildman–Crippen LogP) is 3.13. The molecule has 1 heterocycles. The van der Waals surface area contributed by atoms with E-state index in [1.54, 1.807) is 0 Å². The average molecular weight is 224 g/mol. The number of rotatable bonds is 4. The quantitative estimate of drug-likeness (QED) is 0.686. The molecular weight excluding hydrogens is 204 g/mol. The van der Waals surface area contributed by atoms with E-state index in [1.807, 2.05) is 0 Å². The maximum atomic E-state index is 9.28. The second kappa shape index (κ2) is 6.07. The van der Waals surface area contributed by atoms with Gasteiger partial charge in [-0.15, -0.1) is 0 Å². The molecule has 1 unspecified atom stereocenters. The van der Waals surface area contributed by atoms with Gasteiger partial charge >= 0.3 is 0 Å². The maximum absolute atomic E-state index is 9.28. The lowest BCUT2D eigenvalue weighted by Gasteiger charge is -2.36. The second-order valence-electron chi connectivity index (χ2n) is 4.19. The molecule has 0 spiro atoms. The van der Waals surface area contributed by atoms with Gasteiger partial charge in [-0.05, 0) is 25.2 Å². The van der Waals surface area contributed by atoms with Crippen molar-refractivity contribution in [1.29, 1.82) is 5.26 Å². The monoisotopic (exact) mass is 224 g/mol. The van der Waals surface area contributed by atoms with Gasteiger partial charge in [-0.25, -0.2) is 0 Å². The van der Waals surface area contributed by atoms with Crippen LogP contribution in [0.4, 0.5) is 0 Å². The van der Waals surface area contributed by atoms with E-state index in [-0.39, 0.29) is 6.04 Å². The Bertz CT molecular complexity index is 253. The van der Waals surface area contributed by atoms with Crippen LogP contribution in [0.5, 0.6) is 0 Å². The molecule has 0 saturated carbocycles. The van der Waals surface area contributed by atoms with Gasteiger partial charge in [0.1, 0.15) is 6.04 Å². The van der Waals surface area contributed by atoms with E-state index in [9.17, 15) is 5.26 Å². The van der Waals surface area contributed by atoms with Crippen LogP contribution in [0.2, 0.25) is 0 Å². The number of piperidine rings is 1. The van der Waals surface area contributed by atoms with E-state index in [0.29, 0.717) is 5.92 Å². The van der Waals surface area contributed by atoms with Crippen LogP contribution >= 0.6 is 12.2 Å². The lowest BCUT2D eigenvalue weighted by atomic mass is 9.92. The minimum atomic E-state index is 0.00722. The molecule has 1 fully saturated rings. The summed E-state index contributed by atoms with van der Waals surface area (Å²) in [6, 6.07) is 2.45. The fraction of sp³-hybridized carbons (Fsp3) is 0.833. The van der Waals surface area contributed by atoms with Gasteiger partial charge in [0.05, 0.1) is 11.1 Å². The maximum Gasteiger partial charge on any atom is 0.120 e. The van der Waals surface area contributed by atoms with Crippen molar-refractivity contribution in [2.45, 2.75) is 52.0 Å². The first kappa shape index (κ1) is 12.4. The Morgan fingerprint density at radius 3 is 2.53 bits per heavy atom. The van der Waals surface area contributed by atoms with Gasteiger partial charge in [0, 0.05) is 6.54 Å². The van der Waals surface area contributed by atoms with Crippen molar-refractivity contribution in [3.8, 4) is 6.07 Å². The molecule has 3 heteroatoms. The van der Waals surface area contributed by atoms with Gasteiger partial charge in [0.2, 0.25) is 0 Å². The normalized spacial score (nSPS) is 19.1. The van der Waals surface area contributed by atoms with Crippen molar-refractivity contribution < 1.29 is 0 Å². The summed E-state index contributed by atoms with van der Waals surface area (Å²) in [7, 11) is 0. The molecule has 0 radical (unpaired) electrons. The van der Waals surface area contributed by atoms with Gasteiger partial charge in [0.25, 0.3) is 0 Å². The Morgan fingerprint density at radius 1 is 1.40 bits per heavy atom. The van der Waals surface area contributed by atoms with Crippen LogP contribution in [-0.2, 0) is 0 Å². The molecule has 1 aliphatic heterocycles. The van der Waals surface area contributed by atoms with Crippen molar-refractivity contribution in [3.05, 3.63) is 0 Å². The molecule has 1 aliphatic rings. The Balaban J connectivity index is 2.72. The smallest absolute Gasteiger partial charge is 0.120 e. The van der Waals surface area contributed by atoms with E-state index < -0.39 is 0 Å². The van der Waals surface area contributed by atoms with Crippen LogP contribution < -0.4 is 0 Å². The molecule has 0 aromatic heterocycles. The van der Waals surface area contributed by atoms with Crippen molar-refractivity contribution >= 4 is 17.2 Å². The molecule has 1 atom stereocenters. The van der Waals surface area contributed by atoms with Gasteiger partial charge in [-0.3, -0.25) is 0 Å². The second-order valence-corrected chi connectivity index (χ2v) is 4.67. The standard InChI is InChI=1S/C12H20N2S/c1-3-10(4-2)11(9-13)14-8-6-5-7-12(14)15/h10-11H,3-8H2,1-2H3. The molecule has 0 N–H and O–H groups in total. The summed E-state index contributed by atoms with van der Waals surface area (Å²) in [5.41, 5.74) is 0. The lowest BCUT2D eigenvalue weighted by Crippen LogP contribution is -2.45. The Hall–Kier alpha value is -0.620. The molecule has 0 aromatic carbocycles. The Labute approximate surface area is 98.3 Å². The summed E-state index contributed by atoms with van der Waals surface area (Å²) in [6.45, 7) is 5.30. The topological polar surface area (TPSA) is 27.0 Å². The van der Waals surface area contributed by atoms with E-state index >= 15 is 0 Å². The van der Waals surface area contributed by atoms with Gasteiger partial charge < -0.3 is 4.90 Å². The summed E-state index contributed by atoms with van der Waals surface area (Å²) in [6.07, 6.45) is 5.49. The molecule has 0 amide bonds. The third kappa shape index (κ3) is 2.92. The zero-order valence-electron chi connectivity index (χ0n) is 9.70. The molecule has 0 aromatic rings. The minimum absolute atomic E-state index is 0.00722. The summed E-state index contributed by atoms with van der Waals surface area (Å²) in [4.78, 5) is 3.16. The number of nitriles is 1. The molecule has 0 aliphatic carbocycles. The lowest BCUT2D eigenvalue weighted by molar-refractivity contribution is 0.248. The third-order valence-corrected chi connectivity index (χ3v) is 3.76. The van der Waals surface area contributed by atoms with Crippen LogP contribution in [-0.4, -0.2) is 22.5 Å². The first-order valence-electron chi connectivity index (χ1n) is 5.93. The number of hydrogen-bond acceptors (Lipinski definition) is 2. The summed E-state index contributed by atoms with van der Waals surface area (Å²) >= 11 is 5.36. The number of nitrogens with zero attached hydrogens (tertiary/aromatic N) is 2. The average Bonchev–Trinajstić information content (AvgIpc) is 2.27. The van der Waals surface area contributed by atoms with Crippen LogP contribution in [0.25, 0.3) is 0 Å². The van der Waals surface area contributed by atoms with E-state index in [1.165, 1.54) is 12.8 Å². The fourth-order valence-corrected chi connectivity index (χ4v) is 2.63. The fourth-order valence-electron chi connectivity index (χ4n) is 2.29. The molecule has 84 valence electrons. The van der Waals surface area contributed by atoms with Crippen LogP contribution in [0.3, 0.4) is 0 Å². The number of hydrogen-bond donors (Lipinski definition) is 0. The summed E-state index contributed by atoms with van der Waals surface area (Å²) in [5.74, 6) is 0.464. The first-order valence-corrected chi connectivity index (χ1v) is 6.34. The summed E-state index contributed by atoms with van der Waals surface area (Å²) in [5, 5.41) is 9.28. The molecule has 1 rings (SSSR count). The number of thiocarbonyl (C=S) groups is 1. The SMILES string of the molecule is CCC(CC)C(C#N)N1CCCCC1=S. The van der Waals surface area contributed by atoms with Gasteiger partial charge in [-0.2, -0.15) is 5.26 Å². The molecule has 0 bridgehead atoms. The van der Waals surface area contributed by atoms with Gasteiger partial charge in [0.15, 0.2) is 0 Å². The highest BCUT2D eigenvalue weighted by Gasteiger charge is 2.28. The molecule has 1 saturated heterocycles. The van der Waals surface area contributed by atoms with Crippen LogP contribution in [0.1, 0.15) is 46.0 Å². The Morgan fingerprint density at radius 2 is 2.07 bits per heavy atom. The van der Waals surface area contributed by atoms with E-state index in [0.717, 1.165) is 30.8 Å². The highest BCUT2D eigenvalue weighted by atomic mass is 32.1. The van der Waals surface area contributed by atoms with E-state index in [4.69, 9.17) is 12.2 Å². The third-order valence-electron chi connectivity index (χ3n) is 3.32. The van der Waals surface area contributed by atoms with Crippen molar-refractivity contribution in [2.24, 2.45) is 5.92 Å².